The SMILES string of the molecule is CCN1C[C@]2(COC(=O)c3ccccc3NC(=O)CC(C)C(=O)OC)CC[C@H](OC)C34C5CC6[C@@H](OC)C[C@@](O)([C@H]5[C@H]6OC)[C@](O)(C13)[C@@H](OC)[C@@H]42. The number of methoxy groups -OCH3 is 5. The van der Waals surface area contributed by atoms with Crippen molar-refractivity contribution in [3.05, 3.63) is 29.8 Å². The monoisotopic (exact) mass is 714 g/mol. The van der Waals surface area contributed by atoms with E-state index in [0.717, 1.165) is 6.42 Å². The molecule has 6 aliphatic rings. The van der Waals surface area contributed by atoms with Crippen LogP contribution in [0.4, 0.5) is 5.69 Å². The Morgan fingerprint density at radius 3 is 2.43 bits per heavy atom. The zero-order chi connectivity index (χ0) is 36.7. The van der Waals surface area contributed by atoms with Crippen molar-refractivity contribution in [2.24, 2.45) is 40.4 Å². The summed E-state index contributed by atoms with van der Waals surface area (Å²) in [7, 11) is 7.97. The molecule has 1 heterocycles. The maximum atomic E-state index is 14.0. The van der Waals surface area contributed by atoms with Crippen LogP contribution >= 0.6 is 0 Å². The molecule has 1 amide bonds. The minimum Gasteiger partial charge on any atom is -0.469 e. The van der Waals surface area contributed by atoms with E-state index in [0.29, 0.717) is 25.9 Å². The number of anilines is 1. The fourth-order valence-corrected chi connectivity index (χ4v) is 12.8. The van der Waals surface area contributed by atoms with Crippen LogP contribution in [0.1, 0.15) is 56.3 Å². The van der Waals surface area contributed by atoms with Crippen LogP contribution in [0.2, 0.25) is 0 Å². The first-order chi connectivity index (χ1) is 24.4. The van der Waals surface area contributed by atoms with Gasteiger partial charge in [0.2, 0.25) is 5.91 Å². The molecule has 14 atom stereocenters. The lowest BCUT2D eigenvalue weighted by molar-refractivity contribution is -0.320. The molecule has 13 heteroatoms. The van der Waals surface area contributed by atoms with Gasteiger partial charge in [-0.15, -0.1) is 0 Å². The molecular weight excluding hydrogens is 660 g/mol. The molecule has 7 rings (SSSR count). The van der Waals surface area contributed by atoms with Gasteiger partial charge >= 0.3 is 11.9 Å². The van der Waals surface area contributed by atoms with E-state index >= 15 is 0 Å². The van der Waals surface area contributed by atoms with Crippen molar-refractivity contribution in [3.8, 4) is 0 Å². The second kappa shape index (κ2) is 13.0. The summed E-state index contributed by atoms with van der Waals surface area (Å²) in [5.41, 5.74) is -4.08. The van der Waals surface area contributed by atoms with Crippen molar-refractivity contribution < 1.29 is 53.0 Å². The minimum absolute atomic E-state index is 0.0402. The van der Waals surface area contributed by atoms with Crippen LogP contribution in [0.15, 0.2) is 24.3 Å². The van der Waals surface area contributed by atoms with Gasteiger partial charge in [-0.3, -0.25) is 14.5 Å². The molecule has 0 radical (unpaired) electrons. The van der Waals surface area contributed by atoms with Crippen LogP contribution in [0, 0.1) is 40.4 Å². The lowest BCUT2D eigenvalue weighted by Gasteiger charge is -2.70. The maximum absolute atomic E-state index is 14.0. The molecule has 51 heavy (non-hydrogen) atoms. The molecule has 1 aromatic rings. The Labute approximate surface area is 299 Å². The molecule has 5 saturated carbocycles. The third kappa shape index (κ3) is 4.74. The number of carbonyl (C=O) groups is 3. The first kappa shape index (κ1) is 36.7. The van der Waals surface area contributed by atoms with Crippen LogP contribution in [-0.2, 0) is 38.0 Å². The number of para-hydroxylation sites is 1. The highest BCUT2D eigenvalue weighted by atomic mass is 16.5. The lowest BCUT2D eigenvalue weighted by Crippen LogP contribution is -2.82. The number of ether oxygens (including phenoxy) is 6. The van der Waals surface area contributed by atoms with Crippen molar-refractivity contribution in [2.75, 3.05) is 60.6 Å². The number of fused-ring (bicyclic) bond motifs is 2. The van der Waals surface area contributed by atoms with Crippen LogP contribution in [0.25, 0.3) is 0 Å². The van der Waals surface area contributed by atoms with Gasteiger partial charge in [-0.25, -0.2) is 4.79 Å². The average Bonchev–Trinajstić information content (AvgIpc) is 3.55. The molecule has 1 aromatic carbocycles. The molecule has 7 bridgehead atoms. The van der Waals surface area contributed by atoms with Crippen molar-refractivity contribution in [2.45, 2.75) is 87.6 Å². The van der Waals surface area contributed by atoms with Gasteiger partial charge in [0.25, 0.3) is 0 Å². The van der Waals surface area contributed by atoms with Gasteiger partial charge in [0.15, 0.2) is 0 Å². The Balaban J connectivity index is 1.26. The molecule has 1 saturated heterocycles. The minimum atomic E-state index is -1.70. The van der Waals surface area contributed by atoms with E-state index in [-0.39, 0.29) is 72.7 Å². The molecule has 1 aliphatic heterocycles. The Bertz CT molecular complexity index is 1540. The fourth-order valence-electron chi connectivity index (χ4n) is 12.8. The highest BCUT2D eigenvalue weighted by molar-refractivity contribution is 6.01. The van der Waals surface area contributed by atoms with E-state index in [1.54, 1.807) is 59.6 Å². The van der Waals surface area contributed by atoms with Gasteiger partial charge in [-0.2, -0.15) is 0 Å². The number of benzene rings is 1. The summed E-state index contributed by atoms with van der Waals surface area (Å²) in [6.45, 7) is 4.85. The van der Waals surface area contributed by atoms with Gasteiger partial charge in [0, 0.05) is 76.4 Å². The first-order valence-corrected chi connectivity index (χ1v) is 18.3. The molecule has 5 aliphatic carbocycles. The molecule has 3 N–H and O–H groups in total. The van der Waals surface area contributed by atoms with Crippen LogP contribution in [0.3, 0.4) is 0 Å². The number of hydrogen-bond acceptors (Lipinski definition) is 12. The van der Waals surface area contributed by atoms with E-state index in [4.69, 9.17) is 28.4 Å². The summed E-state index contributed by atoms with van der Waals surface area (Å²) in [6.07, 6.45) is 0.602. The topological polar surface area (TPSA) is 162 Å². The number of nitrogens with zero attached hydrogens (tertiary/aromatic N) is 1. The quantitative estimate of drug-likeness (QED) is 0.272. The van der Waals surface area contributed by atoms with Crippen molar-refractivity contribution in [1.82, 2.24) is 4.90 Å². The largest absolute Gasteiger partial charge is 0.469 e. The fraction of sp³-hybridized carbons (Fsp3) is 0.763. The van der Waals surface area contributed by atoms with Gasteiger partial charge in [0.05, 0.1) is 61.3 Å². The first-order valence-electron chi connectivity index (χ1n) is 18.3. The Hall–Kier alpha value is -2.65. The van der Waals surface area contributed by atoms with E-state index < -0.39 is 57.9 Å². The van der Waals surface area contributed by atoms with Crippen LogP contribution in [-0.4, -0.2) is 130 Å². The van der Waals surface area contributed by atoms with Gasteiger partial charge in [0.1, 0.15) is 11.2 Å². The van der Waals surface area contributed by atoms with E-state index in [2.05, 4.69) is 17.1 Å². The number of hydrogen-bond donors (Lipinski definition) is 3. The second-order valence-corrected chi connectivity index (χ2v) is 16.0. The van der Waals surface area contributed by atoms with E-state index in [9.17, 15) is 24.6 Å². The highest BCUT2D eigenvalue weighted by Crippen LogP contribution is 2.80. The number of likely N-dealkylation sites (N-methyl/N-ethyl adjacent to an activating group) is 1. The molecule has 6 fully saturated rings. The van der Waals surface area contributed by atoms with Crippen molar-refractivity contribution in [3.63, 3.8) is 0 Å². The predicted molar refractivity (Wildman–Crippen MR) is 183 cm³/mol. The Morgan fingerprint density at radius 1 is 1.04 bits per heavy atom. The Kier molecular flexibility index (Phi) is 9.38. The van der Waals surface area contributed by atoms with E-state index in [1.165, 1.54) is 7.11 Å². The zero-order valence-electron chi connectivity index (χ0n) is 30.8. The average molecular weight is 715 g/mol. The van der Waals surface area contributed by atoms with Crippen LogP contribution < -0.4 is 5.32 Å². The molecule has 1 spiro atoms. The van der Waals surface area contributed by atoms with Crippen molar-refractivity contribution in [1.29, 1.82) is 0 Å². The van der Waals surface area contributed by atoms with Crippen molar-refractivity contribution >= 4 is 23.5 Å². The molecule has 5 unspecified atom stereocenters. The highest BCUT2D eigenvalue weighted by Gasteiger charge is 2.91. The Morgan fingerprint density at radius 2 is 1.78 bits per heavy atom. The summed E-state index contributed by atoms with van der Waals surface area (Å²) in [6, 6.07) is 6.18. The number of rotatable bonds is 12. The second-order valence-electron chi connectivity index (χ2n) is 16.0. The number of piperidine rings is 1. The number of esters is 2. The summed E-state index contributed by atoms with van der Waals surface area (Å²) in [4.78, 5) is 41.1. The summed E-state index contributed by atoms with van der Waals surface area (Å²) in [5.74, 6) is -2.89. The number of aliphatic hydroxyl groups is 2. The summed E-state index contributed by atoms with van der Waals surface area (Å²) >= 11 is 0. The number of likely N-dealkylation sites (tertiary alicyclic amines) is 1. The summed E-state index contributed by atoms with van der Waals surface area (Å²) in [5, 5.41) is 29.4. The third-order valence-corrected chi connectivity index (χ3v) is 14.3. The molecule has 13 nitrogen and oxygen atoms in total. The van der Waals surface area contributed by atoms with Gasteiger partial charge in [-0.1, -0.05) is 26.0 Å². The number of carbonyl (C=O) groups excluding carboxylic acids is 3. The van der Waals surface area contributed by atoms with Gasteiger partial charge < -0.3 is 44.0 Å². The molecule has 282 valence electrons. The number of amides is 1. The normalized spacial score (nSPS) is 43.7. The molecular formula is C38H54N2O11. The maximum Gasteiger partial charge on any atom is 0.340 e. The van der Waals surface area contributed by atoms with Gasteiger partial charge in [-0.05, 0) is 43.9 Å². The van der Waals surface area contributed by atoms with Crippen LogP contribution in [0.5, 0.6) is 0 Å². The predicted octanol–water partition coefficient (Wildman–Crippen LogP) is 2.27. The molecule has 0 aromatic heterocycles. The third-order valence-electron chi connectivity index (χ3n) is 14.3. The zero-order valence-corrected chi connectivity index (χ0v) is 30.8. The smallest absolute Gasteiger partial charge is 0.340 e. The summed E-state index contributed by atoms with van der Waals surface area (Å²) < 4.78 is 36.1. The van der Waals surface area contributed by atoms with E-state index in [1.807, 2.05) is 0 Å². The standard InChI is InChI=1S/C38H54N2O11/c1-8-40-18-35(19-51-33(43)21-11-9-10-12-24(21)39-27(41)15-20(2)32(42)50-7)14-13-26(47-4)37-23-16-22-25(46-3)17-36(44,28(23)29(22)48-5)38(45,34(37)40)31(49-6)30(35)37/h9-12,20,22-23,25-26,28-31,34,44-45H,8,13-19H2,1-7H3,(H,39,41)/t20?,22?,23?,25-,26-,28+,29-,30+,31-,34?,35-,36+,37?,38+/m0/s1. The lowest BCUT2D eigenvalue weighted by atomic mass is 9.42. The number of nitrogens with one attached hydrogen (secondary N) is 1.